The molecule has 0 bridgehead atoms. The maximum atomic E-state index is 6.14. The van der Waals surface area contributed by atoms with Crippen molar-refractivity contribution in [3.05, 3.63) is 83.9 Å². The molecule has 5 aromatic rings. The van der Waals surface area contributed by atoms with E-state index in [4.69, 9.17) is 42.4 Å². The minimum absolute atomic E-state index is 0.0729. The molecule has 1 aliphatic heterocycles. The van der Waals surface area contributed by atoms with Gasteiger partial charge in [0.1, 0.15) is 17.6 Å². The third kappa shape index (κ3) is 7.30. The van der Waals surface area contributed by atoms with E-state index in [1.807, 2.05) is 72.8 Å². The van der Waals surface area contributed by atoms with Gasteiger partial charge in [-0.3, -0.25) is 5.32 Å². The molecule has 262 valence electrons. The molecule has 0 aliphatic carbocycles. The van der Waals surface area contributed by atoms with Crippen LogP contribution in [0, 0.1) is 0 Å². The van der Waals surface area contributed by atoms with Crippen molar-refractivity contribution in [3.63, 3.8) is 0 Å². The van der Waals surface area contributed by atoms with Crippen molar-refractivity contribution in [2.45, 2.75) is 19.1 Å². The summed E-state index contributed by atoms with van der Waals surface area (Å²) in [5.74, 6) is 5.40. The largest absolute Gasteiger partial charge is 0.497 e. The first-order valence-electron chi connectivity index (χ1n) is 16.0. The van der Waals surface area contributed by atoms with E-state index in [1.165, 1.54) is 0 Å². The van der Waals surface area contributed by atoms with Crippen LogP contribution in [0.3, 0.4) is 0 Å². The molecule has 2 heterocycles. The molecule has 0 saturated heterocycles. The van der Waals surface area contributed by atoms with Crippen LogP contribution in [0.4, 0.5) is 5.69 Å². The number of ether oxygens (including phenoxy) is 8. The van der Waals surface area contributed by atoms with Gasteiger partial charge < -0.3 is 47.7 Å². The number of hydrogen-bond donors (Lipinski definition) is 2. The van der Waals surface area contributed by atoms with Crippen LogP contribution in [0.2, 0.25) is 0 Å². The maximum absolute atomic E-state index is 6.14. The van der Waals surface area contributed by atoms with Crippen LogP contribution >= 0.6 is 0 Å². The van der Waals surface area contributed by atoms with Gasteiger partial charge in [0.2, 0.25) is 5.75 Å². The van der Waals surface area contributed by atoms with Crippen LogP contribution in [-0.2, 0) is 6.54 Å². The van der Waals surface area contributed by atoms with Crippen molar-refractivity contribution in [1.82, 2.24) is 10.5 Å². The molecule has 0 saturated carbocycles. The molecule has 6 rings (SSSR count). The van der Waals surface area contributed by atoms with E-state index in [0.29, 0.717) is 77.9 Å². The fourth-order valence-corrected chi connectivity index (χ4v) is 5.73. The second-order valence-electron chi connectivity index (χ2n) is 11.3. The maximum Gasteiger partial charge on any atom is 0.203 e. The summed E-state index contributed by atoms with van der Waals surface area (Å²) in [6, 6.07) is 23.0. The Balaban J connectivity index is 1.06. The van der Waals surface area contributed by atoms with Crippen LogP contribution in [-0.4, -0.2) is 61.0 Å². The molecule has 4 aromatic carbocycles. The predicted octanol–water partition coefficient (Wildman–Crippen LogP) is 7.12. The fourth-order valence-electron chi connectivity index (χ4n) is 5.73. The lowest BCUT2D eigenvalue weighted by Gasteiger charge is -2.29. The number of methoxy groups -OCH3 is 6. The zero-order chi connectivity index (χ0) is 35.0. The van der Waals surface area contributed by atoms with Gasteiger partial charge in [-0.25, -0.2) is 0 Å². The highest BCUT2D eigenvalue weighted by Gasteiger charge is 2.21. The molecule has 0 amide bonds. The second kappa shape index (κ2) is 15.6. The van der Waals surface area contributed by atoms with Gasteiger partial charge in [0, 0.05) is 35.8 Å². The normalized spacial score (nSPS) is 13.4. The molecule has 12 heteroatoms. The number of anilines is 1. The van der Waals surface area contributed by atoms with Gasteiger partial charge >= 0.3 is 0 Å². The predicted molar refractivity (Wildman–Crippen MR) is 188 cm³/mol. The highest BCUT2D eigenvalue weighted by molar-refractivity contribution is 5.72. The molecular weight excluding hydrogens is 642 g/mol. The minimum Gasteiger partial charge on any atom is -0.497 e. The highest BCUT2D eigenvalue weighted by Crippen LogP contribution is 2.42. The number of rotatable bonds is 15. The van der Waals surface area contributed by atoms with Crippen molar-refractivity contribution in [1.29, 1.82) is 0 Å². The number of aromatic nitrogens is 1. The first kappa shape index (κ1) is 34.1. The summed E-state index contributed by atoms with van der Waals surface area (Å²) in [6.45, 7) is 1.54. The third-order valence-electron chi connectivity index (χ3n) is 8.35. The lowest BCUT2D eigenvalue weighted by Crippen LogP contribution is -2.32. The summed E-state index contributed by atoms with van der Waals surface area (Å²) in [7, 11) is 9.61. The summed E-state index contributed by atoms with van der Waals surface area (Å²) in [5.41, 5.74) is 5.41. The van der Waals surface area contributed by atoms with E-state index in [0.717, 1.165) is 33.7 Å². The van der Waals surface area contributed by atoms with E-state index >= 15 is 0 Å². The first-order valence-corrected chi connectivity index (χ1v) is 16.0. The van der Waals surface area contributed by atoms with Crippen LogP contribution in [0.15, 0.2) is 77.3 Å². The van der Waals surface area contributed by atoms with Crippen LogP contribution < -0.4 is 48.5 Å². The Morgan fingerprint density at radius 3 is 2.04 bits per heavy atom. The van der Waals surface area contributed by atoms with E-state index < -0.39 is 0 Å². The zero-order valence-electron chi connectivity index (χ0n) is 29.0. The number of nitrogens with one attached hydrogen (secondary N) is 2. The molecule has 0 radical (unpaired) electrons. The lowest BCUT2D eigenvalue weighted by molar-refractivity contribution is 0.234. The number of nitrogens with zero attached hydrogens (tertiary/aromatic N) is 1. The summed E-state index contributed by atoms with van der Waals surface area (Å²) in [6.07, 6.45) is 0.552. The van der Waals surface area contributed by atoms with Gasteiger partial charge in [-0.1, -0.05) is 11.2 Å². The molecule has 1 aliphatic rings. The molecule has 50 heavy (non-hydrogen) atoms. The Hall–Kier alpha value is -5.75. The van der Waals surface area contributed by atoms with Crippen molar-refractivity contribution in [3.8, 4) is 68.6 Å². The van der Waals surface area contributed by atoms with Crippen molar-refractivity contribution < 1.29 is 42.4 Å². The SMILES string of the molecule is COc1ccc2c(c1)CNC(c1ccc(OCCCOc3cc(-c4cc(-c5cc(OC)c(OC)c(OC)c5)on4)ccc3OC)c(OC)c1)N2. The van der Waals surface area contributed by atoms with Crippen molar-refractivity contribution in [2.75, 3.05) is 61.2 Å². The second-order valence-corrected chi connectivity index (χ2v) is 11.3. The van der Waals surface area contributed by atoms with E-state index in [2.05, 4.69) is 15.8 Å². The zero-order valence-corrected chi connectivity index (χ0v) is 29.0. The van der Waals surface area contributed by atoms with E-state index in [9.17, 15) is 0 Å². The molecule has 0 fully saturated rings. The van der Waals surface area contributed by atoms with Crippen LogP contribution in [0.1, 0.15) is 23.7 Å². The Kier molecular flexibility index (Phi) is 10.7. The Labute approximate surface area is 291 Å². The number of fused-ring (bicyclic) bond motifs is 1. The monoisotopic (exact) mass is 683 g/mol. The average Bonchev–Trinajstić information content (AvgIpc) is 3.67. The molecule has 1 aromatic heterocycles. The lowest BCUT2D eigenvalue weighted by atomic mass is 10.1. The topological polar surface area (TPSA) is 124 Å². The summed E-state index contributed by atoms with van der Waals surface area (Å²) in [4.78, 5) is 0. The fraction of sp³-hybridized carbons (Fsp3) is 0.289. The van der Waals surface area contributed by atoms with Gasteiger partial charge in [0.25, 0.3) is 0 Å². The van der Waals surface area contributed by atoms with Crippen molar-refractivity contribution in [2.24, 2.45) is 0 Å². The smallest absolute Gasteiger partial charge is 0.203 e. The summed E-state index contributed by atoms with van der Waals surface area (Å²) in [5, 5.41) is 11.4. The average molecular weight is 684 g/mol. The molecule has 1 atom stereocenters. The van der Waals surface area contributed by atoms with Gasteiger partial charge in [-0.15, -0.1) is 0 Å². The molecule has 12 nitrogen and oxygen atoms in total. The van der Waals surface area contributed by atoms with Crippen LogP contribution in [0.25, 0.3) is 22.6 Å². The quantitative estimate of drug-likeness (QED) is 0.109. The van der Waals surface area contributed by atoms with Gasteiger partial charge in [0.15, 0.2) is 40.3 Å². The van der Waals surface area contributed by atoms with E-state index in [-0.39, 0.29) is 6.17 Å². The molecular formula is C38H41N3O9. The number of hydrogen-bond acceptors (Lipinski definition) is 12. The van der Waals surface area contributed by atoms with Gasteiger partial charge in [0.05, 0.1) is 55.9 Å². The third-order valence-corrected chi connectivity index (χ3v) is 8.35. The number of benzene rings is 4. The Bertz CT molecular complexity index is 1900. The molecule has 2 N–H and O–H groups in total. The first-order chi connectivity index (χ1) is 24.5. The molecule has 0 spiro atoms. The minimum atomic E-state index is -0.0729. The van der Waals surface area contributed by atoms with Gasteiger partial charge in [-0.05, 0) is 71.8 Å². The van der Waals surface area contributed by atoms with Crippen molar-refractivity contribution >= 4 is 5.69 Å². The summed E-state index contributed by atoms with van der Waals surface area (Å²) >= 11 is 0. The van der Waals surface area contributed by atoms with E-state index in [1.54, 1.807) is 42.7 Å². The van der Waals surface area contributed by atoms with Gasteiger partial charge in [-0.2, -0.15) is 0 Å². The Morgan fingerprint density at radius 1 is 0.640 bits per heavy atom. The summed E-state index contributed by atoms with van der Waals surface area (Å²) < 4.78 is 50.9. The van der Waals surface area contributed by atoms with Crippen LogP contribution in [0.5, 0.6) is 46.0 Å². The molecule has 1 unspecified atom stereocenters. The highest BCUT2D eigenvalue weighted by atomic mass is 16.5. The Morgan fingerprint density at radius 2 is 1.34 bits per heavy atom. The standard InChI is InChI=1S/C38H41N3O9/c1-42-27-10-11-28-26(16-27)22-39-38(40-28)24-9-13-31(33(18-24)44-3)48-14-7-15-49-34-17-23(8-12-30(34)43-2)29-21-32(50-41-29)25-19-35(45-4)37(47-6)36(20-25)46-5/h8-13,16-21,38-40H,7,14-15,22H2,1-6H3.